The Morgan fingerprint density at radius 1 is 0.491 bits per heavy atom. The average molecular weight is 695 g/mol. The fraction of sp³-hybridized carbons (Fsp3) is 0.0600. The lowest BCUT2D eigenvalue weighted by Crippen LogP contribution is -2.15. The lowest BCUT2D eigenvalue weighted by Gasteiger charge is -2.22. The van der Waals surface area contributed by atoms with Crippen LogP contribution in [0.25, 0.3) is 92.4 Å². The minimum absolute atomic E-state index is 0.135. The van der Waals surface area contributed by atoms with E-state index >= 15 is 0 Å². The SMILES string of the molecule is CC1(C)c2ccccc2-c2ccc3c(c21)c1ccccc1n3-c1cc(-c2cccc(-c3ccccc3)c2)nc(-c2cccc3c2sc2ccccc23)c1. The lowest BCUT2D eigenvalue weighted by atomic mass is 9.80. The van der Waals surface area contributed by atoms with Crippen molar-refractivity contribution in [3.63, 3.8) is 0 Å². The highest BCUT2D eigenvalue weighted by Crippen LogP contribution is 2.53. The molecule has 0 unspecified atom stereocenters. The number of para-hydroxylation sites is 1. The van der Waals surface area contributed by atoms with Crippen molar-refractivity contribution in [2.45, 2.75) is 19.3 Å². The number of aromatic nitrogens is 2. The van der Waals surface area contributed by atoms with Crippen molar-refractivity contribution in [3.8, 4) is 50.5 Å². The highest BCUT2D eigenvalue weighted by atomic mass is 32.1. The van der Waals surface area contributed by atoms with E-state index in [0.717, 1.165) is 28.2 Å². The molecule has 250 valence electrons. The van der Waals surface area contributed by atoms with Gasteiger partial charge in [0.1, 0.15) is 0 Å². The molecule has 3 heterocycles. The third-order valence-electron chi connectivity index (χ3n) is 11.4. The van der Waals surface area contributed by atoms with Crippen molar-refractivity contribution in [2.75, 3.05) is 0 Å². The van der Waals surface area contributed by atoms with Crippen molar-refractivity contribution in [2.24, 2.45) is 0 Å². The van der Waals surface area contributed by atoms with Crippen molar-refractivity contribution in [1.29, 1.82) is 0 Å². The summed E-state index contributed by atoms with van der Waals surface area (Å²) in [6, 6.07) is 62.0. The molecule has 0 saturated carbocycles. The molecule has 0 fully saturated rings. The van der Waals surface area contributed by atoms with Crippen LogP contribution in [0, 0.1) is 0 Å². The quantitative estimate of drug-likeness (QED) is 0.179. The molecule has 0 aliphatic heterocycles. The van der Waals surface area contributed by atoms with Crippen molar-refractivity contribution < 1.29 is 0 Å². The first-order valence-corrected chi connectivity index (χ1v) is 19.1. The normalized spacial score (nSPS) is 13.2. The number of rotatable bonds is 4. The van der Waals surface area contributed by atoms with E-state index in [1.165, 1.54) is 75.4 Å². The molecule has 10 aromatic rings. The van der Waals surface area contributed by atoms with Gasteiger partial charge in [-0.1, -0.05) is 147 Å². The monoisotopic (exact) mass is 694 g/mol. The van der Waals surface area contributed by atoms with Gasteiger partial charge in [-0.15, -0.1) is 11.3 Å². The maximum Gasteiger partial charge on any atom is 0.0744 e. The molecule has 0 N–H and O–H groups in total. The van der Waals surface area contributed by atoms with E-state index in [-0.39, 0.29) is 5.41 Å². The Kier molecular flexibility index (Phi) is 6.50. The second-order valence-corrected chi connectivity index (χ2v) is 15.8. The van der Waals surface area contributed by atoms with Gasteiger partial charge in [0.15, 0.2) is 0 Å². The van der Waals surface area contributed by atoms with E-state index in [0.29, 0.717) is 0 Å². The van der Waals surface area contributed by atoms with Gasteiger partial charge in [0.05, 0.1) is 28.1 Å². The van der Waals surface area contributed by atoms with E-state index in [1.807, 2.05) is 11.3 Å². The molecule has 7 aromatic carbocycles. The summed E-state index contributed by atoms with van der Waals surface area (Å²) in [5.74, 6) is 0. The van der Waals surface area contributed by atoms with E-state index in [4.69, 9.17) is 4.98 Å². The highest BCUT2D eigenvalue weighted by Gasteiger charge is 2.38. The Hall–Kier alpha value is -6.29. The van der Waals surface area contributed by atoms with Gasteiger partial charge in [-0.3, -0.25) is 0 Å². The zero-order chi connectivity index (χ0) is 35.3. The number of hydrogen-bond donors (Lipinski definition) is 0. The summed E-state index contributed by atoms with van der Waals surface area (Å²) in [5, 5.41) is 5.17. The molecule has 1 aliphatic rings. The second kappa shape index (κ2) is 11.4. The minimum Gasteiger partial charge on any atom is -0.309 e. The number of pyridine rings is 1. The number of fused-ring (bicyclic) bond motifs is 10. The fourth-order valence-corrected chi connectivity index (χ4v) is 10.2. The Morgan fingerprint density at radius 3 is 2.08 bits per heavy atom. The predicted octanol–water partition coefficient (Wildman–Crippen LogP) is 13.9. The third-order valence-corrected chi connectivity index (χ3v) is 12.6. The Morgan fingerprint density at radius 2 is 1.17 bits per heavy atom. The highest BCUT2D eigenvalue weighted by molar-refractivity contribution is 7.26. The Bertz CT molecular complexity index is 3090. The van der Waals surface area contributed by atoms with Crippen LogP contribution in [0.1, 0.15) is 25.0 Å². The molecule has 53 heavy (non-hydrogen) atoms. The molecule has 11 rings (SSSR count). The van der Waals surface area contributed by atoms with Gasteiger partial charge < -0.3 is 4.57 Å². The molecule has 0 radical (unpaired) electrons. The lowest BCUT2D eigenvalue weighted by molar-refractivity contribution is 0.666. The molecule has 2 nitrogen and oxygen atoms in total. The summed E-state index contributed by atoms with van der Waals surface area (Å²) in [7, 11) is 0. The molecule has 3 aromatic heterocycles. The summed E-state index contributed by atoms with van der Waals surface area (Å²) in [6.45, 7) is 4.77. The summed E-state index contributed by atoms with van der Waals surface area (Å²) in [6.07, 6.45) is 0. The van der Waals surface area contributed by atoms with Gasteiger partial charge in [0.25, 0.3) is 0 Å². The van der Waals surface area contributed by atoms with Gasteiger partial charge in [0, 0.05) is 47.5 Å². The van der Waals surface area contributed by atoms with Crippen molar-refractivity contribution in [3.05, 3.63) is 181 Å². The first kappa shape index (κ1) is 30.3. The maximum absolute atomic E-state index is 5.50. The molecular formula is C50H34N2S. The molecule has 0 atom stereocenters. The van der Waals surface area contributed by atoms with Crippen LogP contribution in [0.5, 0.6) is 0 Å². The zero-order valence-electron chi connectivity index (χ0n) is 29.5. The van der Waals surface area contributed by atoms with Crippen molar-refractivity contribution >= 4 is 53.3 Å². The molecule has 1 aliphatic carbocycles. The molecular weight excluding hydrogens is 661 g/mol. The fourth-order valence-electron chi connectivity index (χ4n) is 8.98. The number of thiophene rings is 1. The number of hydrogen-bond acceptors (Lipinski definition) is 2. The topological polar surface area (TPSA) is 17.8 Å². The largest absolute Gasteiger partial charge is 0.309 e. The maximum atomic E-state index is 5.50. The van der Waals surface area contributed by atoms with E-state index in [2.05, 4.69) is 188 Å². The van der Waals surface area contributed by atoms with Gasteiger partial charge in [-0.25, -0.2) is 4.98 Å². The average Bonchev–Trinajstić information content (AvgIpc) is 3.84. The minimum atomic E-state index is -0.135. The van der Waals surface area contributed by atoms with Crippen LogP contribution < -0.4 is 0 Å². The summed E-state index contributed by atoms with van der Waals surface area (Å²) in [5.41, 5.74) is 15.4. The van der Waals surface area contributed by atoms with E-state index in [1.54, 1.807) is 0 Å². The summed E-state index contributed by atoms with van der Waals surface area (Å²) < 4.78 is 5.04. The smallest absolute Gasteiger partial charge is 0.0744 e. The van der Waals surface area contributed by atoms with Crippen LogP contribution in [0.3, 0.4) is 0 Å². The molecule has 0 amide bonds. The first-order valence-electron chi connectivity index (χ1n) is 18.3. The van der Waals surface area contributed by atoms with Crippen LogP contribution in [-0.4, -0.2) is 9.55 Å². The molecule has 3 heteroatoms. The van der Waals surface area contributed by atoms with Crippen LogP contribution in [0.2, 0.25) is 0 Å². The summed E-state index contributed by atoms with van der Waals surface area (Å²) >= 11 is 1.85. The number of benzene rings is 7. The van der Waals surface area contributed by atoms with Crippen LogP contribution >= 0.6 is 11.3 Å². The Labute approximate surface area is 312 Å². The van der Waals surface area contributed by atoms with Crippen LogP contribution in [-0.2, 0) is 5.41 Å². The van der Waals surface area contributed by atoms with Crippen LogP contribution in [0.4, 0.5) is 0 Å². The van der Waals surface area contributed by atoms with Gasteiger partial charge in [-0.05, 0) is 69.8 Å². The predicted molar refractivity (Wildman–Crippen MR) is 225 cm³/mol. The molecule has 0 bridgehead atoms. The first-order chi connectivity index (χ1) is 26.0. The van der Waals surface area contributed by atoms with Gasteiger partial charge in [0.2, 0.25) is 0 Å². The second-order valence-electron chi connectivity index (χ2n) is 14.7. The van der Waals surface area contributed by atoms with Crippen molar-refractivity contribution in [1.82, 2.24) is 9.55 Å². The van der Waals surface area contributed by atoms with Gasteiger partial charge >= 0.3 is 0 Å². The summed E-state index contributed by atoms with van der Waals surface area (Å²) in [4.78, 5) is 5.50. The molecule has 0 spiro atoms. The molecule has 0 saturated heterocycles. The Balaban J connectivity index is 1.21. The van der Waals surface area contributed by atoms with E-state index < -0.39 is 0 Å². The number of nitrogens with zero attached hydrogens (tertiary/aromatic N) is 2. The zero-order valence-corrected chi connectivity index (χ0v) is 30.3. The standard InChI is InChI=1S/C50H34N2S/c1-50(2)41-23-9-6-18-35(41)37-26-27-45-47(48(37)50)40-20-7-10-24-44(40)52(45)34-29-42(33-17-12-16-32(28-33)31-14-4-3-5-15-31)51-43(30-34)39-22-13-21-38-36-19-8-11-25-46(36)53-49(38)39/h3-30H,1-2H3. The third kappa shape index (κ3) is 4.47. The van der Waals surface area contributed by atoms with Gasteiger partial charge in [-0.2, -0.15) is 0 Å². The van der Waals surface area contributed by atoms with E-state index in [9.17, 15) is 0 Å². The van der Waals surface area contributed by atoms with Crippen LogP contribution in [0.15, 0.2) is 170 Å².